The Balaban J connectivity index is 1.54. The number of rotatable bonds is 5. The lowest BCUT2D eigenvalue weighted by Gasteiger charge is -2.34. The zero-order valence-electron chi connectivity index (χ0n) is 13.4. The van der Waals surface area contributed by atoms with Crippen molar-refractivity contribution in [3.05, 3.63) is 71.8 Å². The lowest BCUT2D eigenvalue weighted by Crippen LogP contribution is -2.34. The van der Waals surface area contributed by atoms with Crippen molar-refractivity contribution in [2.75, 3.05) is 19.8 Å². The van der Waals surface area contributed by atoms with Gasteiger partial charge in [0.15, 0.2) is 5.79 Å². The molecule has 0 unspecified atom stereocenters. The van der Waals surface area contributed by atoms with Gasteiger partial charge in [0.1, 0.15) is 12.4 Å². The van der Waals surface area contributed by atoms with Gasteiger partial charge in [0.05, 0.1) is 13.2 Å². The van der Waals surface area contributed by atoms with Crippen LogP contribution in [0.25, 0.3) is 6.08 Å². The van der Waals surface area contributed by atoms with E-state index in [4.69, 9.17) is 14.2 Å². The smallest absolute Gasteiger partial charge is 0.191 e. The van der Waals surface area contributed by atoms with Gasteiger partial charge in [0, 0.05) is 5.56 Å². The molecule has 0 aliphatic carbocycles. The van der Waals surface area contributed by atoms with E-state index in [-0.39, 0.29) is 0 Å². The van der Waals surface area contributed by atoms with E-state index in [1.54, 1.807) is 0 Å². The summed E-state index contributed by atoms with van der Waals surface area (Å²) in [7, 11) is 0. The van der Waals surface area contributed by atoms with Crippen LogP contribution in [-0.2, 0) is 15.3 Å². The van der Waals surface area contributed by atoms with Gasteiger partial charge in [-0.25, -0.2) is 0 Å². The molecule has 120 valence electrons. The van der Waals surface area contributed by atoms with Gasteiger partial charge in [0.25, 0.3) is 0 Å². The first-order chi connectivity index (χ1) is 11.3. The van der Waals surface area contributed by atoms with Crippen LogP contribution >= 0.6 is 0 Å². The van der Waals surface area contributed by atoms with E-state index in [2.05, 4.69) is 18.2 Å². The first-order valence-corrected chi connectivity index (χ1v) is 7.99. The molecule has 23 heavy (non-hydrogen) atoms. The van der Waals surface area contributed by atoms with E-state index >= 15 is 0 Å². The second-order valence-corrected chi connectivity index (χ2v) is 5.64. The van der Waals surface area contributed by atoms with E-state index in [1.807, 2.05) is 55.5 Å². The monoisotopic (exact) mass is 310 g/mol. The Labute approximate surface area is 137 Å². The molecule has 0 atom stereocenters. The molecule has 0 spiro atoms. The first-order valence-electron chi connectivity index (χ1n) is 7.99. The minimum atomic E-state index is -0.635. The number of hydrogen-bond donors (Lipinski definition) is 0. The SMILES string of the molecule is CC1(c2ccc(OC/C=C/c3ccccc3)cc2)OCCCO1. The quantitative estimate of drug-likeness (QED) is 0.820. The summed E-state index contributed by atoms with van der Waals surface area (Å²) in [5.41, 5.74) is 2.19. The summed E-state index contributed by atoms with van der Waals surface area (Å²) >= 11 is 0. The molecule has 3 nitrogen and oxygen atoms in total. The van der Waals surface area contributed by atoms with Gasteiger partial charge in [-0.2, -0.15) is 0 Å². The summed E-state index contributed by atoms with van der Waals surface area (Å²) < 4.78 is 17.3. The topological polar surface area (TPSA) is 27.7 Å². The van der Waals surface area contributed by atoms with Crippen LogP contribution in [-0.4, -0.2) is 19.8 Å². The fraction of sp³-hybridized carbons (Fsp3) is 0.300. The first kappa shape index (κ1) is 15.8. The van der Waals surface area contributed by atoms with E-state index in [0.29, 0.717) is 6.61 Å². The van der Waals surface area contributed by atoms with Crippen LogP contribution in [0.15, 0.2) is 60.7 Å². The molecule has 3 heteroatoms. The molecule has 1 aliphatic heterocycles. The Bertz CT molecular complexity index is 626. The van der Waals surface area contributed by atoms with Crippen LogP contribution in [0.3, 0.4) is 0 Å². The fourth-order valence-corrected chi connectivity index (χ4v) is 2.55. The highest BCUT2D eigenvalue weighted by molar-refractivity contribution is 5.48. The minimum absolute atomic E-state index is 0.540. The molecule has 0 bridgehead atoms. The van der Waals surface area contributed by atoms with Crippen molar-refractivity contribution in [3.8, 4) is 5.75 Å². The number of benzene rings is 2. The Morgan fingerprint density at radius 2 is 1.70 bits per heavy atom. The highest BCUT2D eigenvalue weighted by Crippen LogP contribution is 2.31. The fourth-order valence-electron chi connectivity index (χ4n) is 2.55. The molecule has 1 heterocycles. The predicted molar refractivity (Wildman–Crippen MR) is 91.3 cm³/mol. The maximum Gasteiger partial charge on any atom is 0.191 e. The van der Waals surface area contributed by atoms with E-state index in [0.717, 1.165) is 30.9 Å². The van der Waals surface area contributed by atoms with Gasteiger partial charge in [-0.3, -0.25) is 0 Å². The average Bonchev–Trinajstić information content (AvgIpc) is 2.61. The molecule has 0 radical (unpaired) electrons. The van der Waals surface area contributed by atoms with Gasteiger partial charge >= 0.3 is 0 Å². The third-order valence-electron chi connectivity index (χ3n) is 3.88. The highest BCUT2D eigenvalue weighted by Gasteiger charge is 2.30. The summed E-state index contributed by atoms with van der Waals surface area (Å²) in [5.74, 6) is 0.204. The summed E-state index contributed by atoms with van der Waals surface area (Å²) in [5, 5.41) is 0. The van der Waals surface area contributed by atoms with Gasteiger partial charge in [-0.15, -0.1) is 0 Å². The predicted octanol–water partition coefficient (Wildman–Crippen LogP) is 4.39. The Hall–Kier alpha value is -2.10. The van der Waals surface area contributed by atoms with Crippen LogP contribution in [0.2, 0.25) is 0 Å². The Morgan fingerprint density at radius 3 is 2.39 bits per heavy atom. The Kier molecular flexibility index (Phi) is 5.11. The van der Waals surface area contributed by atoms with Crippen molar-refractivity contribution in [2.45, 2.75) is 19.1 Å². The molecule has 0 saturated carbocycles. The molecule has 1 saturated heterocycles. The van der Waals surface area contributed by atoms with Crippen LogP contribution in [0.5, 0.6) is 5.75 Å². The minimum Gasteiger partial charge on any atom is -0.490 e. The van der Waals surface area contributed by atoms with Gasteiger partial charge in [0.2, 0.25) is 0 Å². The third-order valence-corrected chi connectivity index (χ3v) is 3.88. The standard InChI is InChI=1S/C20H22O3/c1-20(22-15-6-16-23-20)18-10-12-19(13-11-18)21-14-5-9-17-7-3-2-4-8-17/h2-5,7-13H,6,14-16H2,1H3/b9-5+. The summed E-state index contributed by atoms with van der Waals surface area (Å²) in [6.07, 6.45) is 5.02. The summed E-state index contributed by atoms with van der Waals surface area (Å²) in [6, 6.07) is 18.1. The van der Waals surface area contributed by atoms with Gasteiger partial charge in [-0.1, -0.05) is 36.4 Å². The second kappa shape index (κ2) is 7.44. The van der Waals surface area contributed by atoms with Crippen LogP contribution in [0, 0.1) is 0 Å². The van der Waals surface area contributed by atoms with Crippen molar-refractivity contribution in [1.29, 1.82) is 0 Å². The molecule has 3 rings (SSSR count). The molecule has 0 amide bonds. The lowest BCUT2D eigenvalue weighted by molar-refractivity contribution is -0.264. The van der Waals surface area contributed by atoms with Crippen molar-refractivity contribution >= 4 is 6.08 Å². The van der Waals surface area contributed by atoms with Crippen molar-refractivity contribution in [2.24, 2.45) is 0 Å². The van der Waals surface area contributed by atoms with Crippen molar-refractivity contribution < 1.29 is 14.2 Å². The van der Waals surface area contributed by atoms with Crippen LogP contribution in [0.4, 0.5) is 0 Å². The van der Waals surface area contributed by atoms with Gasteiger partial charge in [-0.05, 0) is 49.2 Å². The largest absolute Gasteiger partial charge is 0.490 e. The third kappa shape index (κ3) is 4.21. The molecule has 0 N–H and O–H groups in total. The maximum absolute atomic E-state index is 5.76. The number of hydrogen-bond acceptors (Lipinski definition) is 3. The Morgan fingerprint density at radius 1 is 1.00 bits per heavy atom. The molecule has 1 fully saturated rings. The second-order valence-electron chi connectivity index (χ2n) is 5.64. The summed E-state index contributed by atoms with van der Waals surface area (Å²) in [4.78, 5) is 0. The molecular weight excluding hydrogens is 288 g/mol. The zero-order chi connectivity index (χ0) is 16.0. The van der Waals surface area contributed by atoms with Crippen LogP contribution < -0.4 is 4.74 Å². The normalized spacial score (nSPS) is 17.3. The maximum atomic E-state index is 5.76. The molecule has 1 aliphatic rings. The highest BCUT2D eigenvalue weighted by atomic mass is 16.7. The van der Waals surface area contributed by atoms with Crippen LogP contribution in [0.1, 0.15) is 24.5 Å². The van der Waals surface area contributed by atoms with Gasteiger partial charge < -0.3 is 14.2 Å². The molecule has 2 aromatic rings. The molecule has 0 aromatic heterocycles. The number of ether oxygens (including phenoxy) is 3. The average molecular weight is 310 g/mol. The molecular formula is C20H22O3. The summed E-state index contributed by atoms with van der Waals surface area (Å²) in [6.45, 7) is 3.97. The van der Waals surface area contributed by atoms with E-state index in [1.165, 1.54) is 5.56 Å². The van der Waals surface area contributed by atoms with E-state index in [9.17, 15) is 0 Å². The van der Waals surface area contributed by atoms with E-state index < -0.39 is 5.79 Å². The lowest BCUT2D eigenvalue weighted by atomic mass is 10.1. The molecule has 2 aromatic carbocycles. The zero-order valence-corrected chi connectivity index (χ0v) is 13.4. The van der Waals surface area contributed by atoms with Crippen molar-refractivity contribution in [3.63, 3.8) is 0 Å². The van der Waals surface area contributed by atoms with Crippen molar-refractivity contribution in [1.82, 2.24) is 0 Å².